The molecule has 0 bridgehead atoms. The van der Waals surface area contributed by atoms with Crippen molar-refractivity contribution in [2.45, 2.75) is 13.8 Å². The summed E-state index contributed by atoms with van der Waals surface area (Å²) in [7, 11) is 1.27. The molecule has 1 aliphatic rings. The van der Waals surface area contributed by atoms with E-state index in [4.69, 9.17) is 0 Å². The van der Waals surface area contributed by atoms with Gasteiger partial charge in [0.05, 0.1) is 18.5 Å². The molecule has 106 valence electrons. The standard InChI is InChI=1S/C13H15N3O3S/c1-8(2)11(17)16-10-7-5-4-6-9(10)14-12(20-16)15-13(18)19-3/h4-8H,1-3H3,(H,14,15,18). The number of hydrogen-bond acceptors (Lipinski definition) is 5. The van der Waals surface area contributed by atoms with Crippen molar-refractivity contribution in [1.29, 1.82) is 0 Å². The molecule has 0 saturated heterocycles. The number of benzene rings is 1. The number of anilines is 1. The maximum absolute atomic E-state index is 12.3. The quantitative estimate of drug-likeness (QED) is 0.808. The molecular weight excluding hydrogens is 278 g/mol. The number of fused-ring (bicyclic) bond motifs is 1. The van der Waals surface area contributed by atoms with E-state index in [1.54, 1.807) is 6.07 Å². The number of methoxy groups -OCH3 is 1. The normalized spacial score (nSPS) is 13.6. The molecule has 1 heterocycles. The molecule has 2 rings (SSSR count). The van der Waals surface area contributed by atoms with E-state index >= 15 is 0 Å². The van der Waals surface area contributed by atoms with Crippen LogP contribution in [0.25, 0.3) is 0 Å². The minimum absolute atomic E-state index is 0.0542. The minimum Gasteiger partial charge on any atom is -0.453 e. The van der Waals surface area contributed by atoms with Gasteiger partial charge in [-0.2, -0.15) is 0 Å². The Morgan fingerprint density at radius 2 is 2.05 bits per heavy atom. The zero-order chi connectivity index (χ0) is 14.7. The molecule has 20 heavy (non-hydrogen) atoms. The molecule has 0 radical (unpaired) electrons. The Hall–Kier alpha value is -2.02. The summed E-state index contributed by atoms with van der Waals surface area (Å²) in [5.74, 6) is -0.213. The first-order valence-electron chi connectivity index (χ1n) is 6.07. The lowest BCUT2D eigenvalue weighted by atomic mass is 10.2. The average Bonchev–Trinajstić information content (AvgIpc) is 2.45. The molecular formula is C13H15N3O3S. The second kappa shape index (κ2) is 5.96. The maximum atomic E-state index is 12.3. The Bertz CT molecular complexity index is 572. The van der Waals surface area contributed by atoms with Crippen LogP contribution in [0, 0.1) is 5.92 Å². The number of ether oxygens (including phenoxy) is 1. The van der Waals surface area contributed by atoms with Crippen LogP contribution < -0.4 is 9.62 Å². The van der Waals surface area contributed by atoms with Crippen molar-refractivity contribution in [2.75, 3.05) is 11.4 Å². The van der Waals surface area contributed by atoms with Crippen LogP contribution in [0.5, 0.6) is 0 Å². The first-order valence-corrected chi connectivity index (χ1v) is 6.85. The van der Waals surface area contributed by atoms with Crippen molar-refractivity contribution in [2.24, 2.45) is 10.9 Å². The highest BCUT2D eigenvalue weighted by Crippen LogP contribution is 2.38. The molecule has 1 N–H and O–H groups in total. The number of amides is 2. The number of alkyl carbamates (subject to hydrolysis) is 1. The average molecular weight is 293 g/mol. The van der Waals surface area contributed by atoms with E-state index in [0.717, 1.165) is 11.9 Å². The summed E-state index contributed by atoms with van der Waals surface area (Å²) < 4.78 is 6.08. The van der Waals surface area contributed by atoms with Crippen molar-refractivity contribution in [3.05, 3.63) is 24.3 Å². The largest absolute Gasteiger partial charge is 0.453 e. The topological polar surface area (TPSA) is 71.0 Å². The second-order valence-corrected chi connectivity index (χ2v) is 5.34. The predicted molar refractivity (Wildman–Crippen MR) is 79.0 cm³/mol. The van der Waals surface area contributed by atoms with Crippen LogP contribution in [-0.2, 0) is 9.53 Å². The number of rotatable bonds is 1. The fourth-order valence-corrected chi connectivity index (χ4v) is 2.58. The lowest BCUT2D eigenvalue weighted by Crippen LogP contribution is -2.37. The van der Waals surface area contributed by atoms with Gasteiger partial charge in [-0.15, -0.1) is 0 Å². The second-order valence-electron chi connectivity index (χ2n) is 4.40. The Balaban J connectivity index is 2.35. The van der Waals surface area contributed by atoms with Crippen LogP contribution in [0.1, 0.15) is 13.8 Å². The van der Waals surface area contributed by atoms with E-state index in [9.17, 15) is 9.59 Å². The predicted octanol–water partition coefficient (Wildman–Crippen LogP) is 2.68. The molecule has 0 atom stereocenters. The van der Waals surface area contributed by atoms with Crippen LogP contribution >= 0.6 is 11.9 Å². The SMILES string of the molecule is COC(=O)NC1=Nc2ccccc2N(C(=O)C(C)C)S1. The van der Waals surface area contributed by atoms with E-state index in [2.05, 4.69) is 15.0 Å². The molecule has 6 nitrogen and oxygen atoms in total. The number of nitrogens with one attached hydrogen (secondary N) is 1. The molecule has 1 aromatic rings. The van der Waals surface area contributed by atoms with Gasteiger partial charge in [-0.3, -0.25) is 10.1 Å². The first kappa shape index (κ1) is 14.4. The zero-order valence-electron chi connectivity index (χ0n) is 11.4. The number of aliphatic imine (C=N–C) groups is 1. The molecule has 0 spiro atoms. The molecule has 0 fully saturated rings. The van der Waals surface area contributed by atoms with Gasteiger partial charge in [0.15, 0.2) is 5.17 Å². The number of carbonyl (C=O) groups is 2. The maximum Gasteiger partial charge on any atom is 0.412 e. The van der Waals surface area contributed by atoms with Crippen LogP contribution in [0.2, 0.25) is 0 Å². The van der Waals surface area contributed by atoms with Crippen molar-refractivity contribution >= 4 is 40.5 Å². The van der Waals surface area contributed by atoms with E-state index in [1.165, 1.54) is 11.4 Å². The molecule has 1 aliphatic heterocycles. The number of nitrogens with zero attached hydrogens (tertiary/aromatic N) is 2. The molecule has 0 aliphatic carbocycles. The summed E-state index contributed by atoms with van der Waals surface area (Å²) in [6.07, 6.45) is -0.618. The van der Waals surface area contributed by atoms with Crippen LogP contribution in [-0.4, -0.2) is 24.3 Å². The Morgan fingerprint density at radius 1 is 1.35 bits per heavy atom. The number of hydrogen-bond donors (Lipinski definition) is 1. The van der Waals surface area contributed by atoms with E-state index in [1.807, 2.05) is 32.0 Å². The highest BCUT2D eigenvalue weighted by atomic mass is 32.2. The van der Waals surface area contributed by atoms with Crippen molar-refractivity contribution in [3.63, 3.8) is 0 Å². The third-order valence-electron chi connectivity index (χ3n) is 2.59. The minimum atomic E-state index is -0.618. The molecule has 1 aromatic carbocycles. The van der Waals surface area contributed by atoms with Gasteiger partial charge in [-0.25, -0.2) is 14.1 Å². The summed E-state index contributed by atoms with van der Waals surface area (Å²) in [6, 6.07) is 7.27. The third-order valence-corrected chi connectivity index (χ3v) is 3.51. The Labute approximate surface area is 121 Å². The third kappa shape index (κ3) is 2.93. The lowest BCUT2D eigenvalue weighted by Gasteiger charge is -2.28. The van der Waals surface area contributed by atoms with E-state index in [-0.39, 0.29) is 11.8 Å². The van der Waals surface area contributed by atoms with Gasteiger partial charge in [-0.05, 0) is 12.1 Å². The van der Waals surface area contributed by atoms with Crippen molar-refractivity contribution < 1.29 is 14.3 Å². The molecule has 2 amide bonds. The van der Waals surface area contributed by atoms with Crippen molar-refractivity contribution in [1.82, 2.24) is 5.32 Å². The summed E-state index contributed by atoms with van der Waals surface area (Å²) in [4.78, 5) is 27.8. The number of para-hydroxylation sites is 2. The van der Waals surface area contributed by atoms with Gasteiger partial charge in [0.2, 0.25) is 5.91 Å². The molecule has 0 aromatic heterocycles. The molecule has 0 saturated carbocycles. The van der Waals surface area contributed by atoms with Crippen LogP contribution in [0.3, 0.4) is 0 Å². The fraction of sp³-hybridized carbons (Fsp3) is 0.308. The van der Waals surface area contributed by atoms with Gasteiger partial charge >= 0.3 is 6.09 Å². The summed E-state index contributed by atoms with van der Waals surface area (Å²) in [5, 5.41) is 2.80. The van der Waals surface area contributed by atoms with Crippen LogP contribution in [0.15, 0.2) is 29.3 Å². The number of carbonyl (C=O) groups excluding carboxylic acids is 2. The van der Waals surface area contributed by atoms with Crippen LogP contribution in [0.4, 0.5) is 16.2 Å². The zero-order valence-corrected chi connectivity index (χ0v) is 12.2. The smallest absolute Gasteiger partial charge is 0.412 e. The van der Waals surface area contributed by atoms with Gasteiger partial charge in [0.25, 0.3) is 0 Å². The number of amidine groups is 1. The highest BCUT2D eigenvalue weighted by Gasteiger charge is 2.28. The highest BCUT2D eigenvalue weighted by molar-refractivity contribution is 8.15. The van der Waals surface area contributed by atoms with Crippen molar-refractivity contribution in [3.8, 4) is 0 Å². The molecule has 0 unspecified atom stereocenters. The first-order chi connectivity index (χ1) is 9.52. The van der Waals surface area contributed by atoms with E-state index < -0.39 is 6.09 Å². The van der Waals surface area contributed by atoms with Gasteiger partial charge < -0.3 is 4.74 Å². The van der Waals surface area contributed by atoms with Gasteiger partial charge in [0, 0.05) is 17.9 Å². The fourth-order valence-electron chi connectivity index (χ4n) is 1.58. The van der Waals surface area contributed by atoms with Gasteiger partial charge in [-0.1, -0.05) is 26.0 Å². The van der Waals surface area contributed by atoms with Gasteiger partial charge in [0.1, 0.15) is 0 Å². The Morgan fingerprint density at radius 3 is 2.70 bits per heavy atom. The lowest BCUT2D eigenvalue weighted by molar-refractivity contribution is -0.120. The molecule has 7 heteroatoms. The summed E-state index contributed by atoms with van der Waals surface area (Å²) in [5.41, 5.74) is 1.35. The summed E-state index contributed by atoms with van der Waals surface area (Å²) >= 11 is 1.08. The summed E-state index contributed by atoms with van der Waals surface area (Å²) in [6.45, 7) is 3.65. The Kier molecular flexibility index (Phi) is 4.29. The monoisotopic (exact) mass is 293 g/mol. The van der Waals surface area contributed by atoms with E-state index in [0.29, 0.717) is 16.5 Å².